The zero-order chi connectivity index (χ0) is 12.8. The maximum Gasteiger partial charge on any atom is 0.307 e. The topological polar surface area (TPSA) is 56.8 Å². The van der Waals surface area contributed by atoms with Crippen molar-refractivity contribution in [2.24, 2.45) is 0 Å². The van der Waals surface area contributed by atoms with Crippen molar-refractivity contribution in [3.05, 3.63) is 0 Å². The van der Waals surface area contributed by atoms with Crippen LogP contribution in [-0.2, 0) is 19.1 Å². The number of carbonyl (C=O) groups is 1. The Balaban J connectivity index is 4.12. The molecule has 0 unspecified atom stereocenters. The van der Waals surface area contributed by atoms with Crippen LogP contribution < -0.4 is 5.48 Å². The van der Waals surface area contributed by atoms with Gasteiger partial charge in [-0.1, -0.05) is 0 Å². The first-order chi connectivity index (χ1) is 7.22. The first-order valence-corrected chi connectivity index (χ1v) is 5.23. The summed E-state index contributed by atoms with van der Waals surface area (Å²) in [4.78, 5) is 16.6. The van der Waals surface area contributed by atoms with Crippen LogP contribution in [0.5, 0.6) is 0 Å². The number of hydrogen-bond donors (Lipinski definition) is 1. The lowest BCUT2D eigenvalue weighted by atomic mass is 10.0. The van der Waals surface area contributed by atoms with Gasteiger partial charge in [0, 0.05) is 12.6 Å². The molecule has 0 aliphatic carbocycles. The number of carbonyl (C=O) groups excluding carboxylic acids is 1. The van der Waals surface area contributed by atoms with Crippen LogP contribution >= 0.6 is 0 Å². The third kappa shape index (κ3) is 6.76. The summed E-state index contributed by atoms with van der Waals surface area (Å²) in [5.41, 5.74) is 1.95. The fourth-order valence-electron chi connectivity index (χ4n) is 1.12. The summed E-state index contributed by atoms with van der Waals surface area (Å²) in [6.45, 7) is 8.00. The number of hydroxylamine groups is 1. The molecule has 0 fully saturated rings. The van der Waals surface area contributed by atoms with E-state index in [2.05, 4.69) is 10.2 Å². The van der Waals surface area contributed by atoms with E-state index >= 15 is 0 Å². The fraction of sp³-hybridized carbons (Fsp3) is 0.909. The van der Waals surface area contributed by atoms with Crippen molar-refractivity contribution in [3.63, 3.8) is 0 Å². The number of methoxy groups -OCH3 is 2. The van der Waals surface area contributed by atoms with Gasteiger partial charge in [-0.05, 0) is 27.7 Å². The van der Waals surface area contributed by atoms with Gasteiger partial charge < -0.3 is 9.47 Å². The van der Waals surface area contributed by atoms with Gasteiger partial charge in [-0.25, -0.2) is 0 Å². The molecule has 16 heavy (non-hydrogen) atoms. The smallest absolute Gasteiger partial charge is 0.307 e. The van der Waals surface area contributed by atoms with E-state index in [1.807, 2.05) is 27.7 Å². The minimum Gasteiger partial charge on any atom is -0.469 e. The SMILES string of the molecule is COCC(C)(C)ONC(C)(C)CC(=O)OC. The lowest BCUT2D eigenvalue weighted by Gasteiger charge is -2.31. The first-order valence-electron chi connectivity index (χ1n) is 5.23. The molecule has 5 heteroatoms. The van der Waals surface area contributed by atoms with Crippen LogP contribution in [0.2, 0.25) is 0 Å². The Morgan fingerprint density at radius 2 is 1.75 bits per heavy atom. The van der Waals surface area contributed by atoms with Crippen LogP contribution in [-0.4, -0.2) is 37.9 Å². The molecule has 0 rings (SSSR count). The number of ether oxygens (including phenoxy) is 2. The van der Waals surface area contributed by atoms with Gasteiger partial charge in [0.1, 0.15) is 5.60 Å². The molecule has 5 nitrogen and oxygen atoms in total. The second-order valence-electron chi connectivity index (χ2n) is 5.03. The summed E-state index contributed by atoms with van der Waals surface area (Å²) >= 11 is 0. The molecular formula is C11H23NO4. The predicted molar refractivity (Wildman–Crippen MR) is 60.9 cm³/mol. The Bertz CT molecular complexity index is 226. The zero-order valence-corrected chi connectivity index (χ0v) is 11.0. The van der Waals surface area contributed by atoms with Crippen molar-refractivity contribution >= 4 is 5.97 Å². The average molecular weight is 233 g/mol. The van der Waals surface area contributed by atoms with Gasteiger partial charge in [0.2, 0.25) is 0 Å². The van der Waals surface area contributed by atoms with Crippen molar-refractivity contribution in [1.82, 2.24) is 5.48 Å². The minimum atomic E-state index is -0.474. The summed E-state index contributed by atoms with van der Waals surface area (Å²) in [5, 5.41) is 0. The molecule has 1 N–H and O–H groups in total. The van der Waals surface area contributed by atoms with E-state index in [1.54, 1.807) is 7.11 Å². The zero-order valence-electron chi connectivity index (χ0n) is 11.0. The number of esters is 1. The van der Waals surface area contributed by atoms with Gasteiger partial charge in [-0.3, -0.25) is 9.63 Å². The highest BCUT2D eigenvalue weighted by Crippen LogP contribution is 2.14. The van der Waals surface area contributed by atoms with Crippen LogP contribution in [0.25, 0.3) is 0 Å². The van der Waals surface area contributed by atoms with Crippen molar-refractivity contribution < 1.29 is 19.1 Å². The van der Waals surface area contributed by atoms with E-state index < -0.39 is 11.1 Å². The Morgan fingerprint density at radius 1 is 1.19 bits per heavy atom. The van der Waals surface area contributed by atoms with E-state index in [-0.39, 0.29) is 12.4 Å². The van der Waals surface area contributed by atoms with E-state index in [9.17, 15) is 4.79 Å². The first kappa shape index (κ1) is 15.3. The molecule has 0 aromatic rings. The second-order valence-corrected chi connectivity index (χ2v) is 5.03. The molecule has 0 radical (unpaired) electrons. The summed E-state index contributed by atoms with van der Waals surface area (Å²) in [5.74, 6) is -0.273. The fourth-order valence-corrected chi connectivity index (χ4v) is 1.12. The van der Waals surface area contributed by atoms with Crippen LogP contribution in [0.4, 0.5) is 0 Å². The number of rotatable bonds is 7. The summed E-state index contributed by atoms with van der Waals surface area (Å²) in [6.07, 6.45) is 0.243. The highest BCUT2D eigenvalue weighted by Gasteiger charge is 2.27. The standard InChI is InChI=1S/C11H23NO4/c1-10(2,7-9(13)15-6)12-16-11(3,4)8-14-5/h12H,7-8H2,1-6H3. The van der Waals surface area contributed by atoms with Crippen molar-refractivity contribution in [2.75, 3.05) is 20.8 Å². The molecule has 0 aliphatic heterocycles. The molecule has 0 aliphatic rings. The van der Waals surface area contributed by atoms with Crippen molar-refractivity contribution in [1.29, 1.82) is 0 Å². The molecule has 0 aromatic carbocycles. The van der Waals surface area contributed by atoms with Gasteiger partial charge in [0.05, 0.1) is 20.1 Å². The van der Waals surface area contributed by atoms with Gasteiger partial charge in [0.15, 0.2) is 0 Å². The monoisotopic (exact) mass is 233 g/mol. The molecule has 0 atom stereocenters. The minimum absolute atomic E-state index is 0.243. The highest BCUT2D eigenvalue weighted by molar-refractivity contribution is 5.70. The number of hydrogen-bond acceptors (Lipinski definition) is 5. The molecule has 0 saturated heterocycles. The molecule has 0 bridgehead atoms. The van der Waals surface area contributed by atoms with Crippen LogP contribution in [0.3, 0.4) is 0 Å². The lowest BCUT2D eigenvalue weighted by molar-refractivity contribution is -0.156. The van der Waals surface area contributed by atoms with E-state index in [0.717, 1.165) is 0 Å². The molecule has 0 spiro atoms. The quantitative estimate of drug-likeness (QED) is 0.530. The summed E-state index contributed by atoms with van der Waals surface area (Å²) < 4.78 is 9.62. The van der Waals surface area contributed by atoms with Crippen molar-refractivity contribution in [3.8, 4) is 0 Å². The maximum absolute atomic E-state index is 11.1. The summed E-state index contributed by atoms with van der Waals surface area (Å²) in [7, 11) is 2.98. The normalized spacial score (nSPS) is 12.6. The van der Waals surface area contributed by atoms with Crippen LogP contribution in [0, 0.1) is 0 Å². The largest absolute Gasteiger partial charge is 0.469 e. The highest BCUT2D eigenvalue weighted by atomic mass is 16.7. The predicted octanol–water partition coefficient (Wildman–Crippen LogP) is 1.27. The Labute approximate surface area is 97.4 Å². The van der Waals surface area contributed by atoms with E-state index in [0.29, 0.717) is 6.61 Å². The average Bonchev–Trinajstić information content (AvgIpc) is 2.14. The van der Waals surface area contributed by atoms with Gasteiger partial charge in [0.25, 0.3) is 0 Å². The molecular weight excluding hydrogens is 210 g/mol. The molecule has 0 aromatic heterocycles. The molecule has 0 amide bonds. The molecule has 0 heterocycles. The van der Waals surface area contributed by atoms with Crippen LogP contribution in [0.1, 0.15) is 34.1 Å². The van der Waals surface area contributed by atoms with E-state index in [1.165, 1.54) is 7.11 Å². The van der Waals surface area contributed by atoms with E-state index in [4.69, 9.17) is 9.57 Å². The van der Waals surface area contributed by atoms with Crippen LogP contribution in [0.15, 0.2) is 0 Å². The lowest BCUT2D eigenvalue weighted by Crippen LogP contribution is -2.47. The Morgan fingerprint density at radius 3 is 2.19 bits per heavy atom. The second kappa shape index (κ2) is 6.18. The summed E-state index contributed by atoms with van der Waals surface area (Å²) in [6, 6.07) is 0. The maximum atomic E-state index is 11.1. The van der Waals surface area contributed by atoms with Gasteiger partial charge in [-0.15, -0.1) is 0 Å². The Hall–Kier alpha value is -0.650. The molecule has 96 valence electrons. The van der Waals surface area contributed by atoms with Crippen molar-refractivity contribution in [2.45, 2.75) is 45.3 Å². The van der Waals surface area contributed by atoms with Gasteiger partial charge in [-0.2, -0.15) is 5.48 Å². The third-order valence-electron chi connectivity index (χ3n) is 1.91. The Kier molecular flexibility index (Phi) is 5.92. The molecule has 0 saturated carbocycles. The third-order valence-corrected chi connectivity index (χ3v) is 1.91. The van der Waals surface area contributed by atoms with Gasteiger partial charge >= 0.3 is 5.97 Å². The number of nitrogens with one attached hydrogen (secondary N) is 1.